The molecule has 4 nitrogen and oxygen atoms in total. The second kappa shape index (κ2) is 6.99. The van der Waals surface area contributed by atoms with Crippen molar-refractivity contribution in [1.82, 2.24) is 4.98 Å². The largest absolute Gasteiger partial charge is 0.494 e. The molecule has 0 saturated carbocycles. The van der Waals surface area contributed by atoms with E-state index >= 15 is 0 Å². The lowest BCUT2D eigenvalue weighted by Crippen LogP contribution is -1.98. The third kappa shape index (κ3) is 3.20. The van der Waals surface area contributed by atoms with Crippen LogP contribution in [0, 0.1) is 18.3 Å². The molecule has 0 bridgehead atoms. The fraction of sp³-hybridized carbons (Fsp3) is 0.111. The number of ether oxygens (including phenoxy) is 1. The molecule has 0 spiro atoms. The van der Waals surface area contributed by atoms with E-state index in [0.29, 0.717) is 11.3 Å². The van der Waals surface area contributed by atoms with Gasteiger partial charge in [0.2, 0.25) is 0 Å². The van der Waals surface area contributed by atoms with Gasteiger partial charge in [-0.15, -0.1) is 12.4 Å². The van der Waals surface area contributed by atoms with Crippen LogP contribution in [0.4, 0.5) is 11.4 Å². The van der Waals surface area contributed by atoms with Crippen LogP contribution in [-0.4, -0.2) is 12.1 Å². The molecule has 116 valence electrons. The van der Waals surface area contributed by atoms with Crippen LogP contribution in [0.5, 0.6) is 5.75 Å². The second-order valence-corrected chi connectivity index (χ2v) is 5.01. The van der Waals surface area contributed by atoms with E-state index in [0.717, 1.165) is 27.8 Å². The summed E-state index contributed by atoms with van der Waals surface area (Å²) in [6.07, 6.45) is 1.57. The van der Waals surface area contributed by atoms with Gasteiger partial charge < -0.3 is 10.1 Å². The van der Waals surface area contributed by atoms with E-state index < -0.39 is 0 Å². The lowest BCUT2D eigenvalue weighted by molar-refractivity contribution is 0.419. The van der Waals surface area contributed by atoms with Crippen LogP contribution in [-0.2, 0) is 0 Å². The van der Waals surface area contributed by atoms with Crippen molar-refractivity contribution in [2.45, 2.75) is 6.92 Å². The van der Waals surface area contributed by atoms with Gasteiger partial charge in [0, 0.05) is 17.3 Å². The van der Waals surface area contributed by atoms with E-state index in [9.17, 15) is 5.26 Å². The van der Waals surface area contributed by atoms with Gasteiger partial charge in [-0.2, -0.15) is 5.26 Å². The summed E-state index contributed by atoms with van der Waals surface area (Å²) in [4.78, 5) is 4.36. The zero-order chi connectivity index (χ0) is 15.5. The van der Waals surface area contributed by atoms with Gasteiger partial charge in [-0.25, -0.2) is 0 Å². The summed E-state index contributed by atoms with van der Waals surface area (Å²) in [5.41, 5.74) is 4.07. The molecule has 0 fully saturated rings. The molecule has 23 heavy (non-hydrogen) atoms. The van der Waals surface area contributed by atoms with E-state index in [1.807, 2.05) is 49.4 Å². The molecule has 3 aromatic rings. The van der Waals surface area contributed by atoms with E-state index in [1.54, 1.807) is 13.3 Å². The summed E-state index contributed by atoms with van der Waals surface area (Å²) < 4.78 is 5.35. The molecule has 0 aliphatic rings. The van der Waals surface area contributed by atoms with Crippen LogP contribution in [0.2, 0.25) is 0 Å². The van der Waals surface area contributed by atoms with Crippen LogP contribution in [0.25, 0.3) is 10.9 Å². The fourth-order valence-electron chi connectivity index (χ4n) is 2.45. The minimum absolute atomic E-state index is 0. The fourth-order valence-corrected chi connectivity index (χ4v) is 2.45. The highest BCUT2D eigenvalue weighted by Crippen LogP contribution is 2.33. The van der Waals surface area contributed by atoms with Crippen molar-refractivity contribution in [3.8, 4) is 11.8 Å². The summed E-state index contributed by atoms with van der Waals surface area (Å²) in [5, 5.41) is 13.6. The van der Waals surface area contributed by atoms with Gasteiger partial charge in [0.15, 0.2) is 0 Å². The van der Waals surface area contributed by atoms with Gasteiger partial charge >= 0.3 is 0 Å². The normalized spacial score (nSPS) is 9.78. The average molecular weight is 326 g/mol. The smallest absolute Gasteiger partial charge is 0.145 e. The van der Waals surface area contributed by atoms with E-state index in [2.05, 4.69) is 16.4 Å². The maximum Gasteiger partial charge on any atom is 0.145 e. The van der Waals surface area contributed by atoms with Gasteiger partial charge in [0.05, 0.1) is 18.4 Å². The van der Waals surface area contributed by atoms with Crippen molar-refractivity contribution in [3.05, 3.63) is 59.8 Å². The number of halogens is 1. The molecular formula is C18H16ClN3O. The average Bonchev–Trinajstić information content (AvgIpc) is 2.54. The van der Waals surface area contributed by atoms with Crippen molar-refractivity contribution in [3.63, 3.8) is 0 Å². The van der Waals surface area contributed by atoms with Gasteiger partial charge in [-0.3, -0.25) is 4.98 Å². The number of rotatable bonds is 3. The monoisotopic (exact) mass is 325 g/mol. The topological polar surface area (TPSA) is 57.9 Å². The highest BCUT2D eigenvalue weighted by molar-refractivity contribution is 5.98. The predicted molar refractivity (Wildman–Crippen MR) is 94.7 cm³/mol. The van der Waals surface area contributed by atoms with E-state index in [4.69, 9.17) is 4.74 Å². The first kappa shape index (κ1) is 16.6. The first-order chi connectivity index (χ1) is 10.7. The van der Waals surface area contributed by atoms with Crippen LogP contribution < -0.4 is 10.1 Å². The minimum atomic E-state index is 0. The molecule has 3 rings (SSSR count). The third-order valence-electron chi connectivity index (χ3n) is 3.49. The van der Waals surface area contributed by atoms with Gasteiger partial charge in [0.25, 0.3) is 0 Å². The lowest BCUT2D eigenvalue weighted by Gasteiger charge is -2.13. The number of aromatic nitrogens is 1. The third-order valence-corrected chi connectivity index (χ3v) is 3.49. The number of methoxy groups -OCH3 is 1. The van der Waals surface area contributed by atoms with E-state index in [-0.39, 0.29) is 12.4 Å². The van der Waals surface area contributed by atoms with Crippen molar-refractivity contribution >= 4 is 34.7 Å². The molecule has 0 unspecified atom stereocenters. The van der Waals surface area contributed by atoms with Crippen molar-refractivity contribution < 1.29 is 4.74 Å². The molecule has 1 heterocycles. The molecule has 0 aliphatic heterocycles. The quantitative estimate of drug-likeness (QED) is 0.765. The van der Waals surface area contributed by atoms with E-state index in [1.165, 1.54) is 0 Å². The maximum absolute atomic E-state index is 9.38. The highest BCUT2D eigenvalue weighted by atomic mass is 35.5. The Kier molecular flexibility index (Phi) is 5.05. The summed E-state index contributed by atoms with van der Waals surface area (Å²) in [5.74, 6) is 0.689. The number of benzene rings is 2. The molecular weight excluding hydrogens is 310 g/mol. The number of anilines is 2. The molecule has 0 amide bonds. The zero-order valence-electron chi connectivity index (χ0n) is 12.8. The molecule has 0 radical (unpaired) electrons. The summed E-state index contributed by atoms with van der Waals surface area (Å²) in [6.45, 7) is 2.03. The Morgan fingerprint density at radius 1 is 1.17 bits per heavy atom. The first-order valence-corrected chi connectivity index (χ1v) is 6.92. The molecule has 0 atom stereocenters. The summed E-state index contributed by atoms with van der Waals surface area (Å²) >= 11 is 0. The summed E-state index contributed by atoms with van der Waals surface area (Å²) in [7, 11) is 1.61. The number of hydrogen-bond donors (Lipinski definition) is 1. The van der Waals surface area contributed by atoms with Crippen LogP contribution in [0.3, 0.4) is 0 Å². The maximum atomic E-state index is 9.38. The molecule has 0 aliphatic carbocycles. The number of hydrogen-bond acceptors (Lipinski definition) is 4. The zero-order valence-corrected chi connectivity index (χ0v) is 13.6. The van der Waals surface area contributed by atoms with Gasteiger partial charge in [-0.05, 0) is 30.7 Å². The summed E-state index contributed by atoms with van der Waals surface area (Å²) in [6, 6.07) is 15.9. The highest BCUT2D eigenvalue weighted by Gasteiger charge is 2.12. The molecule has 1 aromatic heterocycles. The van der Waals surface area contributed by atoms with Gasteiger partial charge in [0.1, 0.15) is 17.3 Å². The number of nitriles is 1. The molecule has 2 aromatic carbocycles. The number of fused-ring (bicyclic) bond motifs is 1. The number of aryl methyl sites for hydroxylation is 1. The molecule has 0 saturated heterocycles. The lowest BCUT2D eigenvalue weighted by atomic mass is 10.1. The Bertz CT molecular complexity index is 887. The Morgan fingerprint density at radius 2 is 1.96 bits per heavy atom. The Morgan fingerprint density at radius 3 is 2.65 bits per heavy atom. The Labute approximate surface area is 141 Å². The SMILES string of the molecule is COc1cccc2c(Nc3cccc(C)c3)c(C#N)cnc12.Cl. The number of para-hydroxylation sites is 1. The minimum Gasteiger partial charge on any atom is -0.494 e. The van der Waals surface area contributed by atoms with Crippen molar-refractivity contribution in [2.24, 2.45) is 0 Å². The number of nitrogens with zero attached hydrogens (tertiary/aromatic N) is 2. The van der Waals surface area contributed by atoms with Crippen molar-refractivity contribution in [2.75, 3.05) is 12.4 Å². The standard InChI is InChI=1S/C18H15N3O.ClH/c1-12-5-3-6-14(9-12)21-17-13(10-19)11-20-18-15(17)7-4-8-16(18)22-2;/h3-9,11H,1-2H3,(H,20,21);1H. The van der Waals surface area contributed by atoms with Crippen LogP contribution in [0.15, 0.2) is 48.7 Å². The van der Waals surface area contributed by atoms with Crippen molar-refractivity contribution in [1.29, 1.82) is 5.26 Å². The number of nitrogens with one attached hydrogen (secondary N) is 1. The van der Waals surface area contributed by atoms with Gasteiger partial charge in [-0.1, -0.05) is 24.3 Å². The van der Waals surface area contributed by atoms with Crippen LogP contribution in [0.1, 0.15) is 11.1 Å². The number of pyridine rings is 1. The molecule has 5 heteroatoms. The predicted octanol–water partition coefficient (Wildman–Crippen LogP) is 4.59. The Balaban J connectivity index is 0.00000192. The second-order valence-electron chi connectivity index (χ2n) is 5.01. The Hall–Kier alpha value is -2.77. The van der Waals surface area contributed by atoms with Crippen LogP contribution >= 0.6 is 12.4 Å². The first-order valence-electron chi connectivity index (χ1n) is 6.92. The molecule has 1 N–H and O–H groups in total.